The van der Waals surface area contributed by atoms with Crippen molar-refractivity contribution in [1.29, 1.82) is 0 Å². The zero-order valence-corrected chi connectivity index (χ0v) is 41.9. The van der Waals surface area contributed by atoms with Crippen LogP contribution in [0.5, 0.6) is 0 Å². The molecule has 0 saturated carbocycles. The summed E-state index contributed by atoms with van der Waals surface area (Å²) >= 11 is 9.84. The van der Waals surface area contributed by atoms with Crippen molar-refractivity contribution in [3.8, 4) is 0 Å². The Morgan fingerprint density at radius 2 is 0.849 bits per heavy atom. The van der Waals surface area contributed by atoms with Crippen LogP contribution in [-0.2, 0) is 37.0 Å². The topological polar surface area (TPSA) is 130 Å². The van der Waals surface area contributed by atoms with Crippen LogP contribution in [-0.4, -0.2) is 47.7 Å². The lowest BCUT2D eigenvalue weighted by Crippen LogP contribution is -2.50. The van der Waals surface area contributed by atoms with E-state index in [1.165, 1.54) is 73.3 Å². The lowest BCUT2D eigenvalue weighted by Gasteiger charge is -2.31. The summed E-state index contributed by atoms with van der Waals surface area (Å²) < 4.78 is 188. The fraction of sp³-hybridized carbons (Fsp3) is 0.304. The van der Waals surface area contributed by atoms with Crippen LogP contribution in [0.4, 0.5) is 82.8 Å². The number of thiophene rings is 4. The molecule has 0 atom stereocenters. The van der Waals surface area contributed by atoms with Gasteiger partial charge in [0.1, 0.15) is 0 Å². The molecule has 0 aliphatic heterocycles. The van der Waals surface area contributed by atoms with Crippen LogP contribution in [0.2, 0.25) is 0 Å². The largest absolute Gasteiger partial charge is 0.435 e. The quantitative estimate of drug-likeness (QED) is 0.0676. The molecule has 4 aromatic heterocycles. The molecule has 6 aromatic rings. The second kappa shape index (κ2) is 23.7. The van der Waals surface area contributed by atoms with Gasteiger partial charge in [-0.3, -0.25) is 19.2 Å². The van der Waals surface area contributed by atoms with Crippen molar-refractivity contribution < 1.29 is 80.6 Å². The van der Waals surface area contributed by atoms with E-state index in [1.54, 1.807) is 29.6 Å². The van der Waals surface area contributed by atoms with Crippen molar-refractivity contribution in [2.75, 3.05) is 21.7 Å². The van der Waals surface area contributed by atoms with Gasteiger partial charge >= 0.3 is 36.0 Å². The number of hydrogen-bond acceptors (Lipinski definition) is 9. The van der Waals surface area contributed by atoms with E-state index in [1.807, 2.05) is 5.38 Å². The fourth-order valence-electron chi connectivity index (χ4n) is 6.68. The van der Waals surface area contributed by atoms with E-state index in [4.69, 9.17) is 17.3 Å². The second-order valence-electron chi connectivity index (χ2n) is 15.1. The normalized spacial score (nSPS) is 12.3. The third kappa shape index (κ3) is 13.6. The van der Waals surface area contributed by atoms with Gasteiger partial charge in [-0.2, -0.15) is 52.7 Å². The first kappa shape index (κ1) is 60.0. The summed E-state index contributed by atoms with van der Waals surface area (Å²) in [6.45, 7) is 5.85. The Morgan fingerprint density at radius 1 is 0.493 bits per heavy atom. The van der Waals surface area contributed by atoms with Crippen LogP contribution in [0.1, 0.15) is 101 Å². The highest BCUT2D eigenvalue weighted by molar-refractivity contribution is 7.15. The smallest absolute Gasteiger partial charge is 0.391 e. The zero-order chi connectivity index (χ0) is 55.1. The highest BCUT2D eigenvalue weighted by Crippen LogP contribution is 2.55. The number of carbonyl (C=O) groups excluding carboxylic acids is 4. The van der Waals surface area contributed by atoms with Gasteiger partial charge in [-0.1, -0.05) is 39.8 Å². The first-order valence-corrected chi connectivity index (χ1v) is 24.8. The number of anilines is 4. The number of halogens is 15. The van der Waals surface area contributed by atoms with Gasteiger partial charge in [0, 0.05) is 33.3 Å². The fourth-order valence-corrected chi connectivity index (χ4v) is 9.46. The first-order valence-electron chi connectivity index (χ1n) is 20.9. The van der Waals surface area contributed by atoms with Crippen molar-refractivity contribution in [2.45, 2.75) is 89.4 Å². The van der Waals surface area contributed by atoms with Gasteiger partial charge in [-0.25, -0.2) is 8.78 Å². The van der Waals surface area contributed by atoms with Gasteiger partial charge in [0.05, 0.1) is 30.9 Å². The average Bonchev–Trinajstić information content (AvgIpc) is 4.17. The third-order valence-electron chi connectivity index (χ3n) is 10.4. The van der Waals surface area contributed by atoms with Crippen LogP contribution in [0, 0.1) is 0 Å². The molecule has 396 valence electrons. The minimum Gasteiger partial charge on any atom is -0.391 e. The van der Waals surface area contributed by atoms with Crippen LogP contribution in [0.25, 0.3) is 0 Å². The SMILES string of the molecule is CCc1cc(C(F)(C(F)(F)F)C(F)(F)F)cc(CC)c1NC(=O)c1csc(N)c1.CCc1cc(C(F)(C(F)(F)F)C(F)(F)F)cc(CC)c1NC(=O)c1csc(NC(=O)c2cccs2)c1.O=C(Cl)c1cccs1. The molecule has 73 heavy (non-hydrogen) atoms. The van der Waals surface area contributed by atoms with Gasteiger partial charge < -0.3 is 21.7 Å². The van der Waals surface area contributed by atoms with Crippen LogP contribution < -0.4 is 21.7 Å². The molecule has 0 spiro atoms. The number of hydrogen-bond donors (Lipinski definition) is 4. The number of carbonyl (C=O) groups is 4. The Morgan fingerprint density at radius 3 is 1.14 bits per heavy atom. The maximum Gasteiger partial charge on any atom is 0.435 e. The van der Waals surface area contributed by atoms with Crippen molar-refractivity contribution >= 4 is 101 Å². The Bertz CT molecular complexity index is 2800. The monoisotopic (exact) mass is 1140 g/mol. The highest BCUT2D eigenvalue weighted by Gasteiger charge is 2.74. The molecule has 0 radical (unpaired) electrons. The molecule has 27 heteroatoms. The predicted molar refractivity (Wildman–Crippen MR) is 256 cm³/mol. The molecular formula is C46H39ClF14N4O4S4. The van der Waals surface area contributed by atoms with E-state index in [9.17, 15) is 80.6 Å². The standard InChI is InChI=1S/C23H19F7N2O2S2.C18H17F7N2OS.C5H3ClOS/c1-3-12-8-15(21(24,22(25,26)27)23(28,29)30)9-13(4-2)18(12)32-19(33)14-10-17(36-11-14)31-20(34)16-6-5-7-35-16;1-3-9-5-12(16(19,17(20,21)22)18(23,24)25)6-10(4-2)14(9)27-15(28)11-7-13(26)29-8-11;6-5(7)4-2-1-3-8-4/h5-11H,3-4H2,1-2H3,(H,31,34)(H,32,33);5-8H,3-4,26H2,1-2H3,(H,27,28);1-3H. The minimum absolute atomic E-state index is 0.0100. The first-order chi connectivity index (χ1) is 33.8. The summed E-state index contributed by atoms with van der Waals surface area (Å²) in [5, 5.41) is 14.4. The number of nitrogens with one attached hydrogen (secondary N) is 3. The number of aryl methyl sites for hydroxylation is 4. The van der Waals surface area contributed by atoms with E-state index in [0.717, 1.165) is 22.7 Å². The van der Waals surface area contributed by atoms with E-state index in [0.29, 0.717) is 44.0 Å². The Balaban J connectivity index is 0.000000278. The lowest BCUT2D eigenvalue weighted by atomic mass is 9.88. The molecule has 0 aliphatic carbocycles. The molecule has 0 bridgehead atoms. The van der Waals surface area contributed by atoms with Gasteiger partial charge in [-0.05, 0) is 119 Å². The van der Waals surface area contributed by atoms with E-state index in [2.05, 4.69) is 16.0 Å². The second-order valence-corrected chi connectivity index (χ2v) is 19.2. The highest BCUT2D eigenvalue weighted by atomic mass is 35.5. The van der Waals surface area contributed by atoms with Crippen molar-refractivity contribution in [3.05, 3.63) is 136 Å². The van der Waals surface area contributed by atoms with Gasteiger partial charge in [-0.15, -0.1) is 45.3 Å². The van der Waals surface area contributed by atoms with Crippen LogP contribution in [0.15, 0.2) is 82.2 Å². The molecule has 0 saturated heterocycles. The zero-order valence-electron chi connectivity index (χ0n) is 37.9. The van der Waals surface area contributed by atoms with Crippen LogP contribution in [0.3, 0.4) is 0 Å². The molecule has 3 amide bonds. The predicted octanol–water partition coefficient (Wildman–Crippen LogP) is 15.9. The minimum atomic E-state index is -6.24. The Hall–Kier alpha value is -5.57. The molecular weight excluding hydrogens is 1100 g/mol. The summed E-state index contributed by atoms with van der Waals surface area (Å²) in [5.41, 5.74) is -8.62. The summed E-state index contributed by atoms with van der Waals surface area (Å²) in [5.74, 6) is -1.70. The van der Waals surface area contributed by atoms with E-state index in [-0.39, 0.29) is 81.6 Å². The van der Waals surface area contributed by atoms with E-state index < -0.39 is 59.0 Å². The summed E-state index contributed by atoms with van der Waals surface area (Å²) in [4.78, 5) is 48.7. The third-order valence-corrected chi connectivity index (χ3v) is 14.1. The molecule has 6 rings (SSSR count). The lowest BCUT2D eigenvalue weighted by molar-refractivity contribution is -0.349. The Labute approximate surface area is 427 Å². The van der Waals surface area contributed by atoms with Gasteiger partial charge in [0.25, 0.3) is 23.0 Å². The van der Waals surface area contributed by atoms with Gasteiger partial charge in [0.15, 0.2) is 0 Å². The number of nitrogen functional groups attached to an aromatic ring is 1. The number of benzene rings is 2. The number of alkyl halides is 14. The van der Waals surface area contributed by atoms with Crippen molar-refractivity contribution in [1.82, 2.24) is 0 Å². The molecule has 4 heterocycles. The molecule has 5 N–H and O–H groups in total. The van der Waals surface area contributed by atoms with Gasteiger partial charge in [0.2, 0.25) is 0 Å². The van der Waals surface area contributed by atoms with Crippen molar-refractivity contribution in [2.24, 2.45) is 0 Å². The summed E-state index contributed by atoms with van der Waals surface area (Å²) in [7, 11) is 0. The summed E-state index contributed by atoms with van der Waals surface area (Å²) in [6, 6.07) is 11.5. The van der Waals surface area contributed by atoms with Crippen molar-refractivity contribution in [3.63, 3.8) is 0 Å². The maximum atomic E-state index is 14.7. The summed E-state index contributed by atoms with van der Waals surface area (Å²) in [6.07, 6.45) is -25.1. The molecule has 0 fully saturated rings. The molecule has 8 nitrogen and oxygen atoms in total. The maximum absolute atomic E-state index is 14.7. The molecule has 2 aromatic carbocycles. The number of rotatable bonds is 13. The van der Waals surface area contributed by atoms with E-state index >= 15 is 0 Å². The number of amides is 3. The number of nitrogens with two attached hydrogens (primary N) is 1. The molecule has 0 aliphatic rings. The van der Waals surface area contributed by atoms with Crippen LogP contribution >= 0.6 is 56.9 Å². The Kier molecular flexibility index (Phi) is 19.5. The molecule has 0 unspecified atom stereocenters. The average molecular weight is 1140 g/mol.